The number of nitrogens with zero attached hydrogens (tertiary/aromatic N) is 1. The van der Waals surface area contributed by atoms with Gasteiger partial charge >= 0.3 is 0 Å². The standard InChI is InChI=1S/C12H13N3O4S2/c1-7-12(17)14-10(16)6-15(7)21(18,19)9-4-2-3-8(5-9)11(13)20/h2-5,7H,6H2,1H3,(H2,13,20)(H,14,16,17). The van der Waals surface area contributed by atoms with E-state index in [-0.39, 0.29) is 9.88 Å². The Kier molecular flexibility index (Phi) is 4.08. The van der Waals surface area contributed by atoms with Crippen LogP contribution in [0.25, 0.3) is 0 Å². The molecule has 1 aromatic rings. The van der Waals surface area contributed by atoms with E-state index < -0.39 is 34.4 Å². The number of nitrogens with two attached hydrogens (primary N) is 1. The number of piperazine rings is 1. The highest BCUT2D eigenvalue weighted by Gasteiger charge is 2.38. The van der Waals surface area contributed by atoms with Crippen molar-refractivity contribution < 1.29 is 18.0 Å². The number of sulfonamides is 1. The van der Waals surface area contributed by atoms with Crippen LogP contribution in [-0.4, -0.2) is 42.1 Å². The molecule has 1 aromatic carbocycles. The molecular weight excluding hydrogens is 314 g/mol. The fourth-order valence-corrected chi connectivity index (χ4v) is 3.65. The fraction of sp³-hybridized carbons (Fsp3) is 0.250. The first kappa shape index (κ1) is 15.5. The van der Waals surface area contributed by atoms with Gasteiger partial charge in [-0.3, -0.25) is 14.9 Å². The van der Waals surface area contributed by atoms with Crippen molar-refractivity contribution in [2.75, 3.05) is 6.54 Å². The number of hydrogen-bond acceptors (Lipinski definition) is 5. The number of carbonyl (C=O) groups is 2. The van der Waals surface area contributed by atoms with E-state index in [1.165, 1.54) is 25.1 Å². The highest BCUT2D eigenvalue weighted by Crippen LogP contribution is 2.21. The normalized spacial score (nSPS) is 20.1. The Morgan fingerprint density at radius 2 is 2.10 bits per heavy atom. The van der Waals surface area contributed by atoms with Crippen LogP contribution >= 0.6 is 12.2 Å². The molecule has 1 fully saturated rings. The zero-order valence-electron chi connectivity index (χ0n) is 11.1. The fourth-order valence-electron chi connectivity index (χ4n) is 1.93. The van der Waals surface area contributed by atoms with Gasteiger partial charge in [0.25, 0.3) is 0 Å². The third kappa shape index (κ3) is 2.94. The molecule has 1 heterocycles. The van der Waals surface area contributed by atoms with E-state index in [9.17, 15) is 18.0 Å². The van der Waals surface area contributed by atoms with Crippen LogP contribution in [0.1, 0.15) is 12.5 Å². The van der Waals surface area contributed by atoms with E-state index in [0.29, 0.717) is 5.56 Å². The highest BCUT2D eigenvalue weighted by molar-refractivity contribution is 7.89. The van der Waals surface area contributed by atoms with Crippen molar-refractivity contribution in [1.29, 1.82) is 0 Å². The maximum Gasteiger partial charge on any atom is 0.244 e. The van der Waals surface area contributed by atoms with E-state index >= 15 is 0 Å². The van der Waals surface area contributed by atoms with E-state index in [0.717, 1.165) is 4.31 Å². The van der Waals surface area contributed by atoms with Crippen molar-refractivity contribution >= 4 is 39.0 Å². The molecule has 1 unspecified atom stereocenters. The van der Waals surface area contributed by atoms with Gasteiger partial charge in [-0.05, 0) is 19.1 Å². The lowest BCUT2D eigenvalue weighted by molar-refractivity contribution is -0.136. The number of imide groups is 1. The van der Waals surface area contributed by atoms with Crippen molar-refractivity contribution in [1.82, 2.24) is 9.62 Å². The van der Waals surface area contributed by atoms with Gasteiger partial charge in [-0.1, -0.05) is 24.4 Å². The predicted octanol–water partition coefficient (Wildman–Crippen LogP) is -0.644. The minimum Gasteiger partial charge on any atom is -0.389 e. The molecule has 1 aliphatic rings. The van der Waals surface area contributed by atoms with Crippen molar-refractivity contribution in [2.45, 2.75) is 17.9 Å². The van der Waals surface area contributed by atoms with Crippen LogP contribution in [0.4, 0.5) is 0 Å². The molecule has 0 bridgehead atoms. The van der Waals surface area contributed by atoms with Crippen molar-refractivity contribution in [3.05, 3.63) is 29.8 Å². The number of benzene rings is 1. The summed E-state index contributed by atoms with van der Waals surface area (Å²) < 4.78 is 26.0. The van der Waals surface area contributed by atoms with Crippen LogP contribution in [-0.2, 0) is 19.6 Å². The van der Waals surface area contributed by atoms with Gasteiger partial charge in [-0.15, -0.1) is 0 Å². The highest BCUT2D eigenvalue weighted by atomic mass is 32.2. The van der Waals surface area contributed by atoms with Crippen LogP contribution in [0.5, 0.6) is 0 Å². The summed E-state index contributed by atoms with van der Waals surface area (Å²) in [5, 5.41) is 2.09. The maximum absolute atomic E-state index is 12.6. The molecule has 7 nitrogen and oxygen atoms in total. The van der Waals surface area contributed by atoms with Gasteiger partial charge in [0.2, 0.25) is 21.8 Å². The van der Waals surface area contributed by atoms with Crippen molar-refractivity contribution in [3.8, 4) is 0 Å². The molecule has 0 spiro atoms. The third-order valence-electron chi connectivity index (χ3n) is 3.10. The summed E-state index contributed by atoms with van der Waals surface area (Å²) in [6, 6.07) is 4.79. The largest absolute Gasteiger partial charge is 0.389 e. The first-order chi connectivity index (χ1) is 9.73. The van der Waals surface area contributed by atoms with Crippen LogP contribution in [0.15, 0.2) is 29.2 Å². The third-order valence-corrected chi connectivity index (χ3v) is 5.25. The molecule has 1 saturated heterocycles. The van der Waals surface area contributed by atoms with Gasteiger partial charge in [0.1, 0.15) is 11.0 Å². The number of rotatable bonds is 3. The summed E-state index contributed by atoms with van der Waals surface area (Å²) >= 11 is 4.81. The van der Waals surface area contributed by atoms with E-state index in [4.69, 9.17) is 18.0 Å². The van der Waals surface area contributed by atoms with Crippen LogP contribution in [0, 0.1) is 0 Å². The molecule has 9 heteroatoms. The minimum atomic E-state index is -4.00. The second-order valence-electron chi connectivity index (χ2n) is 4.53. The minimum absolute atomic E-state index is 0.0626. The first-order valence-corrected chi connectivity index (χ1v) is 7.83. The monoisotopic (exact) mass is 327 g/mol. The van der Waals surface area contributed by atoms with Crippen LogP contribution in [0.3, 0.4) is 0 Å². The Hall–Kier alpha value is -1.84. The number of carbonyl (C=O) groups excluding carboxylic acids is 2. The zero-order valence-corrected chi connectivity index (χ0v) is 12.7. The second kappa shape index (κ2) is 5.51. The van der Waals surface area contributed by atoms with E-state index in [1.807, 2.05) is 0 Å². The average molecular weight is 327 g/mol. The molecule has 21 heavy (non-hydrogen) atoms. The van der Waals surface area contributed by atoms with Gasteiger partial charge in [0, 0.05) is 5.56 Å². The molecule has 2 amide bonds. The lowest BCUT2D eigenvalue weighted by atomic mass is 10.2. The number of amides is 2. The van der Waals surface area contributed by atoms with E-state index in [1.54, 1.807) is 6.07 Å². The summed E-state index contributed by atoms with van der Waals surface area (Å²) in [6.07, 6.45) is 0. The number of thiocarbonyl (C=S) groups is 1. The Balaban J connectivity index is 2.46. The predicted molar refractivity (Wildman–Crippen MR) is 78.8 cm³/mol. The lowest BCUT2D eigenvalue weighted by Crippen LogP contribution is -2.58. The average Bonchev–Trinajstić information content (AvgIpc) is 2.42. The topological polar surface area (TPSA) is 110 Å². The summed E-state index contributed by atoms with van der Waals surface area (Å²) in [5.41, 5.74) is 5.88. The van der Waals surface area contributed by atoms with Gasteiger partial charge < -0.3 is 5.73 Å². The first-order valence-electron chi connectivity index (χ1n) is 5.99. The van der Waals surface area contributed by atoms with Crippen molar-refractivity contribution in [2.24, 2.45) is 5.73 Å². The Morgan fingerprint density at radius 1 is 1.43 bits per heavy atom. The van der Waals surface area contributed by atoms with E-state index in [2.05, 4.69) is 5.32 Å². The maximum atomic E-state index is 12.6. The lowest BCUT2D eigenvalue weighted by Gasteiger charge is -2.30. The summed E-state index contributed by atoms with van der Waals surface area (Å²) in [4.78, 5) is 23.0. The summed E-state index contributed by atoms with van der Waals surface area (Å²) in [5.74, 6) is -1.31. The Labute approximate surface area is 127 Å². The summed E-state index contributed by atoms with van der Waals surface area (Å²) in [6.45, 7) is 1.00. The SMILES string of the molecule is CC1C(=O)NC(=O)CN1S(=O)(=O)c1cccc(C(N)=S)c1. The molecule has 0 aliphatic carbocycles. The van der Waals surface area contributed by atoms with Gasteiger partial charge in [0.05, 0.1) is 11.4 Å². The van der Waals surface area contributed by atoms with Gasteiger partial charge in [-0.25, -0.2) is 8.42 Å². The smallest absolute Gasteiger partial charge is 0.244 e. The molecule has 3 N–H and O–H groups in total. The molecule has 0 radical (unpaired) electrons. The van der Waals surface area contributed by atoms with Crippen molar-refractivity contribution in [3.63, 3.8) is 0 Å². The molecule has 1 atom stereocenters. The number of nitrogens with one attached hydrogen (secondary N) is 1. The molecule has 0 aromatic heterocycles. The molecule has 1 aliphatic heterocycles. The van der Waals surface area contributed by atoms with Crippen LogP contribution in [0.2, 0.25) is 0 Å². The quantitative estimate of drug-likeness (QED) is 0.564. The number of hydrogen-bond donors (Lipinski definition) is 2. The zero-order chi connectivity index (χ0) is 15.8. The summed E-state index contributed by atoms with van der Waals surface area (Å²) in [7, 11) is -4.00. The second-order valence-corrected chi connectivity index (χ2v) is 6.86. The molecular formula is C12H13N3O4S2. The van der Waals surface area contributed by atoms with Gasteiger partial charge in [-0.2, -0.15) is 4.31 Å². The van der Waals surface area contributed by atoms with Gasteiger partial charge in [0.15, 0.2) is 0 Å². The Bertz CT molecular complexity index is 730. The van der Waals surface area contributed by atoms with Crippen LogP contribution < -0.4 is 11.1 Å². The Morgan fingerprint density at radius 3 is 2.71 bits per heavy atom. The molecule has 0 saturated carbocycles. The molecule has 2 rings (SSSR count). The molecule has 112 valence electrons.